The van der Waals surface area contributed by atoms with E-state index in [2.05, 4.69) is 16.4 Å². The normalized spacial score (nSPS) is 10.8. The average molecular weight is 486 g/mol. The Morgan fingerprint density at radius 3 is 2.52 bits per heavy atom. The molecule has 1 heterocycles. The molecule has 0 aliphatic carbocycles. The molecule has 0 aliphatic rings. The van der Waals surface area contributed by atoms with E-state index in [9.17, 15) is 9.65 Å². The Labute approximate surface area is 199 Å². The third-order valence-corrected chi connectivity index (χ3v) is 5.58. The maximum absolute atomic E-state index is 14.0. The lowest BCUT2D eigenvalue weighted by atomic mass is 10.0. The van der Waals surface area contributed by atoms with Crippen LogP contribution in [0.2, 0.25) is 5.02 Å². The molecule has 1 aromatic heterocycles. The minimum absolute atomic E-state index is 0.0263. The van der Waals surface area contributed by atoms with E-state index in [1.165, 1.54) is 19.4 Å². The molecule has 0 amide bonds. The van der Waals surface area contributed by atoms with Gasteiger partial charge in [-0.15, -0.1) is 11.6 Å². The summed E-state index contributed by atoms with van der Waals surface area (Å²) in [7, 11) is 2.93. The van der Waals surface area contributed by atoms with Crippen LogP contribution in [0.1, 0.15) is 5.56 Å². The van der Waals surface area contributed by atoms with Crippen molar-refractivity contribution in [3.8, 4) is 23.3 Å². The van der Waals surface area contributed by atoms with Crippen LogP contribution in [-0.2, 0) is 0 Å². The molecule has 33 heavy (non-hydrogen) atoms. The minimum atomic E-state index is -0.585. The van der Waals surface area contributed by atoms with Crippen molar-refractivity contribution < 1.29 is 18.6 Å². The molecule has 1 N–H and O–H groups in total. The number of nitrogens with one attached hydrogen (secondary N) is 1. The Bertz CT molecular complexity index is 1410. The van der Waals surface area contributed by atoms with Crippen LogP contribution in [-0.4, -0.2) is 31.7 Å². The van der Waals surface area contributed by atoms with Crippen molar-refractivity contribution in [3.63, 3.8) is 0 Å². The number of nitriles is 1. The van der Waals surface area contributed by atoms with Crippen LogP contribution in [0.4, 0.5) is 15.8 Å². The highest BCUT2D eigenvalue weighted by Crippen LogP contribution is 2.41. The summed E-state index contributed by atoms with van der Waals surface area (Å²) in [6, 6.07) is 12.1. The van der Waals surface area contributed by atoms with Crippen LogP contribution in [0.15, 0.2) is 42.6 Å². The standard InChI is InChI=1S/C24H18Cl2FN3O3/c1-31-21-10-19(17(26)9-18(21)27)30-22-13(11-28)12-29-23-14-5-6-20(33-8-7-25)24(32-2)15(14)3-4-16(22)23/h3-6,9-10,12H,7-8H2,1-2H3,(H,29,30). The summed E-state index contributed by atoms with van der Waals surface area (Å²) < 4.78 is 30.3. The molecule has 0 fully saturated rings. The van der Waals surface area contributed by atoms with Gasteiger partial charge in [0.15, 0.2) is 23.1 Å². The van der Waals surface area contributed by atoms with Gasteiger partial charge in [0.05, 0.1) is 47.6 Å². The van der Waals surface area contributed by atoms with E-state index in [0.29, 0.717) is 51.8 Å². The third-order valence-electron chi connectivity index (χ3n) is 5.11. The number of hydrogen-bond donors (Lipinski definition) is 1. The van der Waals surface area contributed by atoms with Gasteiger partial charge >= 0.3 is 0 Å². The molecule has 3 aromatic carbocycles. The van der Waals surface area contributed by atoms with Gasteiger partial charge in [0.25, 0.3) is 0 Å². The maximum atomic E-state index is 14.0. The number of nitrogens with zero attached hydrogens (tertiary/aromatic N) is 2. The Hall–Kier alpha value is -3.47. The van der Waals surface area contributed by atoms with Gasteiger partial charge in [-0.25, -0.2) is 4.39 Å². The molecule has 0 bridgehead atoms. The lowest BCUT2D eigenvalue weighted by molar-refractivity contribution is 0.315. The number of aromatic nitrogens is 1. The molecule has 0 aliphatic heterocycles. The van der Waals surface area contributed by atoms with E-state index >= 15 is 0 Å². The number of halogens is 3. The first kappa shape index (κ1) is 22.7. The molecule has 0 unspecified atom stereocenters. The van der Waals surface area contributed by atoms with Gasteiger partial charge in [0, 0.05) is 28.4 Å². The third kappa shape index (κ3) is 4.15. The second-order valence-electron chi connectivity index (χ2n) is 6.94. The molecule has 6 nitrogen and oxygen atoms in total. The van der Waals surface area contributed by atoms with Crippen LogP contribution in [0.25, 0.3) is 21.7 Å². The van der Waals surface area contributed by atoms with Crippen LogP contribution in [0.3, 0.4) is 0 Å². The van der Waals surface area contributed by atoms with E-state index < -0.39 is 5.82 Å². The number of fused-ring (bicyclic) bond motifs is 3. The number of benzene rings is 3. The number of rotatable bonds is 7. The molecule has 0 radical (unpaired) electrons. The number of methoxy groups -OCH3 is 2. The van der Waals surface area contributed by atoms with Crippen LogP contribution >= 0.6 is 23.2 Å². The van der Waals surface area contributed by atoms with Crippen molar-refractivity contribution in [2.45, 2.75) is 0 Å². The maximum Gasteiger partial charge on any atom is 0.168 e. The first-order valence-corrected chi connectivity index (χ1v) is 10.7. The predicted molar refractivity (Wildman–Crippen MR) is 128 cm³/mol. The molecule has 0 saturated carbocycles. The number of pyridine rings is 1. The zero-order valence-electron chi connectivity index (χ0n) is 17.7. The highest BCUT2D eigenvalue weighted by atomic mass is 35.5. The molecule has 0 spiro atoms. The molecule has 4 rings (SSSR count). The molecule has 0 atom stereocenters. The van der Waals surface area contributed by atoms with Crippen molar-refractivity contribution in [3.05, 3.63) is 59.0 Å². The van der Waals surface area contributed by atoms with Gasteiger partial charge in [0.1, 0.15) is 12.7 Å². The van der Waals surface area contributed by atoms with Crippen molar-refractivity contribution in [2.24, 2.45) is 0 Å². The summed E-state index contributed by atoms with van der Waals surface area (Å²) in [5.41, 5.74) is 1.82. The summed E-state index contributed by atoms with van der Waals surface area (Å²) in [4.78, 5) is 4.52. The summed E-state index contributed by atoms with van der Waals surface area (Å²) in [5.74, 6) is 0.925. The van der Waals surface area contributed by atoms with Gasteiger partial charge in [-0.1, -0.05) is 11.6 Å². The Kier molecular flexibility index (Phi) is 6.59. The fourth-order valence-corrected chi connectivity index (χ4v) is 3.90. The average Bonchev–Trinajstić information content (AvgIpc) is 2.83. The highest BCUT2D eigenvalue weighted by Gasteiger charge is 2.17. The Morgan fingerprint density at radius 1 is 1.06 bits per heavy atom. The SMILES string of the molecule is COc1cc(Nc2c(C#N)cnc3c2ccc2c(OC)c(OCCCl)ccc23)c(Cl)cc1F. The van der Waals surface area contributed by atoms with Crippen LogP contribution in [0.5, 0.6) is 17.2 Å². The smallest absolute Gasteiger partial charge is 0.168 e. The summed E-state index contributed by atoms with van der Waals surface area (Å²) >= 11 is 12.0. The Balaban J connectivity index is 1.92. The van der Waals surface area contributed by atoms with Gasteiger partial charge in [-0.2, -0.15) is 5.26 Å². The largest absolute Gasteiger partial charge is 0.494 e. The number of ether oxygens (including phenoxy) is 3. The quantitative estimate of drug-likeness (QED) is 0.240. The number of anilines is 2. The van der Waals surface area contributed by atoms with Gasteiger partial charge in [0.2, 0.25) is 0 Å². The summed E-state index contributed by atoms with van der Waals surface area (Å²) in [6.07, 6.45) is 1.48. The van der Waals surface area contributed by atoms with Gasteiger partial charge < -0.3 is 19.5 Å². The van der Waals surface area contributed by atoms with Crippen molar-refractivity contribution in [1.82, 2.24) is 4.98 Å². The van der Waals surface area contributed by atoms with E-state index in [0.717, 1.165) is 16.8 Å². The van der Waals surface area contributed by atoms with Crippen LogP contribution < -0.4 is 19.5 Å². The molecule has 9 heteroatoms. The van der Waals surface area contributed by atoms with E-state index in [1.807, 2.05) is 18.2 Å². The highest BCUT2D eigenvalue weighted by molar-refractivity contribution is 6.33. The van der Waals surface area contributed by atoms with Crippen molar-refractivity contribution in [1.29, 1.82) is 5.26 Å². The number of alkyl halides is 1. The minimum Gasteiger partial charge on any atom is -0.494 e. The second-order valence-corrected chi connectivity index (χ2v) is 7.73. The first-order valence-electron chi connectivity index (χ1n) is 9.83. The first-order chi connectivity index (χ1) is 16.0. The number of hydrogen-bond acceptors (Lipinski definition) is 6. The monoisotopic (exact) mass is 485 g/mol. The fourth-order valence-electron chi connectivity index (χ4n) is 3.63. The van der Waals surface area contributed by atoms with Crippen LogP contribution in [0, 0.1) is 17.1 Å². The lowest BCUT2D eigenvalue weighted by Gasteiger charge is -2.16. The van der Waals surface area contributed by atoms with Crippen molar-refractivity contribution in [2.75, 3.05) is 32.0 Å². The zero-order chi connectivity index (χ0) is 23.5. The molecular weight excluding hydrogens is 468 g/mol. The van der Waals surface area contributed by atoms with Gasteiger partial charge in [-0.05, 0) is 30.3 Å². The lowest BCUT2D eigenvalue weighted by Crippen LogP contribution is -2.01. The summed E-state index contributed by atoms with van der Waals surface area (Å²) in [6.45, 7) is 0.344. The van der Waals surface area contributed by atoms with E-state index in [-0.39, 0.29) is 10.8 Å². The van der Waals surface area contributed by atoms with E-state index in [1.54, 1.807) is 13.2 Å². The second kappa shape index (κ2) is 9.57. The zero-order valence-corrected chi connectivity index (χ0v) is 19.2. The van der Waals surface area contributed by atoms with Crippen molar-refractivity contribution >= 4 is 56.3 Å². The molecule has 4 aromatic rings. The molecule has 0 saturated heterocycles. The van der Waals surface area contributed by atoms with Gasteiger partial charge in [-0.3, -0.25) is 4.98 Å². The fraction of sp³-hybridized carbons (Fsp3) is 0.167. The summed E-state index contributed by atoms with van der Waals surface area (Å²) in [5, 5.41) is 15.3. The topological polar surface area (TPSA) is 76.4 Å². The molecular formula is C24H18Cl2FN3O3. The van der Waals surface area contributed by atoms with E-state index in [4.69, 9.17) is 37.4 Å². The predicted octanol–water partition coefficient (Wildman–Crippen LogP) is 6.43. The Morgan fingerprint density at radius 2 is 1.82 bits per heavy atom. The molecule has 168 valence electrons.